The molecule has 0 atom stereocenters. The molecule has 2 N–H and O–H groups in total. The molecule has 1 saturated heterocycles. The third kappa shape index (κ3) is 2.47. The predicted molar refractivity (Wildman–Crippen MR) is 88.9 cm³/mol. The number of halogens is 1. The summed E-state index contributed by atoms with van der Waals surface area (Å²) in [5, 5.41) is 0. The molecule has 1 aromatic carbocycles. The van der Waals surface area contributed by atoms with Crippen molar-refractivity contribution in [2.45, 2.75) is 18.3 Å². The van der Waals surface area contributed by atoms with Gasteiger partial charge in [-0.25, -0.2) is 9.18 Å². The quantitative estimate of drug-likeness (QED) is 0.864. The van der Waals surface area contributed by atoms with E-state index in [1.165, 1.54) is 18.4 Å². The van der Waals surface area contributed by atoms with E-state index in [1.807, 2.05) is 0 Å². The third-order valence-corrected chi connectivity index (χ3v) is 5.29. The number of likely N-dealkylation sites (tertiary alicyclic amines) is 1. The SMILES string of the molecule is NC(=O)N1CCC2(CC1)CN(C(=O)c1ccco1)c1ccc(F)cc12. The van der Waals surface area contributed by atoms with Crippen molar-refractivity contribution < 1.29 is 18.4 Å². The van der Waals surface area contributed by atoms with E-state index in [4.69, 9.17) is 10.2 Å². The Morgan fingerprint density at radius 1 is 1.20 bits per heavy atom. The van der Waals surface area contributed by atoms with Crippen LogP contribution in [-0.4, -0.2) is 36.5 Å². The van der Waals surface area contributed by atoms with Crippen molar-refractivity contribution in [2.24, 2.45) is 5.73 Å². The molecule has 6 nitrogen and oxygen atoms in total. The van der Waals surface area contributed by atoms with Gasteiger partial charge in [-0.3, -0.25) is 4.79 Å². The number of carbonyl (C=O) groups excluding carboxylic acids is 2. The van der Waals surface area contributed by atoms with Gasteiger partial charge in [-0.05, 0) is 48.7 Å². The van der Waals surface area contributed by atoms with Gasteiger partial charge >= 0.3 is 6.03 Å². The van der Waals surface area contributed by atoms with E-state index in [0.717, 1.165) is 5.56 Å². The fourth-order valence-corrected chi connectivity index (χ4v) is 3.94. The molecule has 7 heteroatoms. The van der Waals surface area contributed by atoms with E-state index in [0.29, 0.717) is 38.2 Å². The standard InChI is InChI=1S/C18H18FN3O3/c19-12-3-4-14-13(10-12)18(5-7-21(8-6-18)17(20)24)11-22(14)16(23)15-2-1-9-25-15/h1-4,9-10H,5-8,11H2,(H2,20,24). The van der Waals surface area contributed by atoms with Crippen molar-refractivity contribution in [2.75, 3.05) is 24.5 Å². The number of hydrogen-bond acceptors (Lipinski definition) is 3. The van der Waals surface area contributed by atoms with Crippen LogP contribution >= 0.6 is 0 Å². The zero-order valence-corrected chi connectivity index (χ0v) is 13.6. The molecule has 1 fully saturated rings. The van der Waals surface area contributed by atoms with Crippen LogP contribution in [0.4, 0.5) is 14.9 Å². The van der Waals surface area contributed by atoms with E-state index >= 15 is 0 Å². The highest BCUT2D eigenvalue weighted by molar-refractivity contribution is 6.06. The molecule has 1 spiro atoms. The maximum atomic E-state index is 13.9. The molecule has 0 unspecified atom stereocenters. The lowest BCUT2D eigenvalue weighted by Gasteiger charge is -2.39. The van der Waals surface area contributed by atoms with Gasteiger partial charge in [0.2, 0.25) is 0 Å². The van der Waals surface area contributed by atoms with Crippen LogP contribution in [-0.2, 0) is 5.41 Å². The summed E-state index contributed by atoms with van der Waals surface area (Å²) in [6.45, 7) is 1.43. The maximum Gasteiger partial charge on any atom is 0.314 e. The van der Waals surface area contributed by atoms with Crippen LogP contribution in [0.15, 0.2) is 41.0 Å². The minimum atomic E-state index is -0.448. The largest absolute Gasteiger partial charge is 0.459 e. The van der Waals surface area contributed by atoms with E-state index < -0.39 is 6.03 Å². The van der Waals surface area contributed by atoms with Gasteiger partial charge in [0, 0.05) is 30.7 Å². The van der Waals surface area contributed by atoms with Crippen molar-refractivity contribution in [3.8, 4) is 0 Å². The van der Waals surface area contributed by atoms with Crippen LogP contribution < -0.4 is 10.6 Å². The third-order valence-electron chi connectivity index (χ3n) is 5.29. The first-order valence-corrected chi connectivity index (χ1v) is 8.20. The van der Waals surface area contributed by atoms with Crippen LogP contribution in [0.2, 0.25) is 0 Å². The summed E-state index contributed by atoms with van der Waals surface area (Å²) in [6.07, 6.45) is 2.72. The number of carbonyl (C=O) groups is 2. The Kier molecular flexibility index (Phi) is 3.52. The topological polar surface area (TPSA) is 79.8 Å². The second-order valence-electron chi connectivity index (χ2n) is 6.64. The minimum absolute atomic E-state index is 0.243. The van der Waals surface area contributed by atoms with Gasteiger partial charge < -0.3 is 20.0 Å². The number of urea groups is 1. The number of anilines is 1. The maximum absolute atomic E-state index is 13.9. The summed E-state index contributed by atoms with van der Waals surface area (Å²) >= 11 is 0. The molecule has 1 aromatic heterocycles. The first kappa shape index (κ1) is 15.7. The van der Waals surface area contributed by atoms with Crippen LogP contribution in [0.5, 0.6) is 0 Å². The van der Waals surface area contributed by atoms with E-state index in [-0.39, 0.29) is 22.9 Å². The van der Waals surface area contributed by atoms with Crippen molar-refractivity contribution >= 4 is 17.6 Å². The molecular weight excluding hydrogens is 325 g/mol. The fraction of sp³-hybridized carbons (Fsp3) is 0.333. The highest BCUT2D eigenvalue weighted by Crippen LogP contribution is 2.47. The predicted octanol–water partition coefficient (Wildman–Crippen LogP) is 2.49. The van der Waals surface area contributed by atoms with Gasteiger partial charge in [0.25, 0.3) is 5.91 Å². The number of primary amides is 1. The summed E-state index contributed by atoms with van der Waals surface area (Å²) in [5.41, 5.74) is 6.51. The van der Waals surface area contributed by atoms with Crippen LogP contribution in [0, 0.1) is 5.82 Å². The van der Waals surface area contributed by atoms with Crippen molar-refractivity contribution in [3.63, 3.8) is 0 Å². The molecule has 2 aromatic rings. The molecule has 3 heterocycles. The molecule has 0 bridgehead atoms. The molecule has 2 aliphatic heterocycles. The monoisotopic (exact) mass is 343 g/mol. The molecule has 0 aliphatic carbocycles. The number of nitrogens with two attached hydrogens (primary N) is 1. The molecule has 3 amide bonds. The Morgan fingerprint density at radius 2 is 1.96 bits per heavy atom. The summed E-state index contributed by atoms with van der Waals surface area (Å²) in [7, 11) is 0. The number of fused-ring (bicyclic) bond motifs is 2. The van der Waals surface area contributed by atoms with Crippen LogP contribution in [0.3, 0.4) is 0 Å². The average Bonchev–Trinajstić information content (AvgIpc) is 3.23. The van der Waals surface area contributed by atoms with Gasteiger partial charge in [0.1, 0.15) is 5.82 Å². The van der Waals surface area contributed by atoms with Gasteiger partial charge in [0.15, 0.2) is 5.76 Å². The Hall–Kier alpha value is -2.83. The Morgan fingerprint density at radius 3 is 2.60 bits per heavy atom. The van der Waals surface area contributed by atoms with Gasteiger partial charge in [-0.1, -0.05) is 0 Å². The van der Waals surface area contributed by atoms with E-state index in [9.17, 15) is 14.0 Å². The lowest BCUT2D eigenvalue weighted by atomic mass is 9.74. The molecule has 0 radical (unpaired) electrons. The first-order valence-electron chi connectivity index (χ1n) is 8.20. The number of piperidine rings is 1. The van der Waals surface area contributed by atoms with Crippen LogP contribution in [0.1, 0.15) is 29.0 Å². The lowest BCUT2D eigenvalue weighted by Crippen LogP contribution is -2.49. The average molecular weight is 343 g/mol. The molecule has 130 valence electrons. The van der Waals surface area contributed by atoms with Gasteiger partial charge in [-0.2, -0.15) is 0 Å². The Bertz CT molecular complexity index is 826. The molecule has 4 rings (SSSR count). The lowest BCUT2D eigenvalue weighted by molar-refractivity contribution is 0.0952. The van der Waals surface area contributed by atoms with Crippen molar-refractivity contribution in [3.05, 3.63) is 53.7 Å². The summed E-state index contributed by atoms with van der Waals surface area (Å²) < 4.78 is 19.1. The van der Waals surface area contributed by atoms with Crippen molar-refractivity contribution in [1.82, 2.24) is 4.90 Å². The highest BCUT2D eigenvalue weighted by Gasteiger charge is 2.47. The Balaban J connectivity index is 1.70. The second kappa shape index (κ2) is 5.61. The zero-order chi connectivity index (χ0) is 17.6. The number of rotatable bonds is 1. The van der Waals surface area contributed by atoms with Gasteiger partial charge in [0.05, 0.1) is 6.26 Å². The number of furan rings is 1. The smallest absolute Gasteiger partial charge is 0.314 e. The minimum Gasteiger partial charge on any atom is -0.459 e. The molecule has 0 saturated carbocycles. The van der Waals surface area contributed by atoms with Crippen LogP contribution in [0.25, 0.3) is 0 Å². The summed E-state index contributed by atoms with van der Waals surface area (Å²) in [5.74, 6) is -0.322. The fourth-order valence-electron chi connectivity index (χ4n) is 3.94. The molecule has 25 heavy (non-hydrogen) atoms. The highest BCUT2D eigenvalue weighted by atomic mass is 19.1. The normalized spacial score (nSPS) is 18.4. The molecular formula is C18H18FN3O3. The van der Waals surface area contributed by atoms with Crippen molar-refractivity contribution in [1.29, 1.82) is 0 Å². The second-order valence-corrected chi connectivity index (χ2v) is 6.64. The number of hydrogen-bond donors (Lipinski definition) is 1. The summed E-state index contributed by atoms with van der Waals surface area (Å²) in [6, 6.07) is 7.34. The van der Waals surface area contributed by atoms with E-state index in [2.05, 4.69) is 0 Å². The zero-order valence-electron chi connectivity index (χ0n) is 13.6. The first-order chi connectivity index (χ1) is 12.0. The summed E-state index contributed by atoms with van der Waals surface area (Å²) in [4.78, 5) is 27.4. The number of nitrogens with zero attached hydrogens (tertiary/aromatic N) is 2. The van der Waals surface area contributed by atoms with E-state index in [1.54, 1.807) is 28.0 Å². The number of amides is 3. The molecule has 2 aliphatic rings. The number of benzene rings is 1. The van der Waals surface area contributed by atoms with Gasteiger partial charge in [-0.15, -0.1) is 0 Å². The Labute approximate surface area is 144 Å².